The highest BCUT2D eigenvalue weighted by Crippen LogP contribution is 2.41. The van der Waals surface area contributed by atoms with Gasteiger partial charge in [-0.15, -0.1) is 5.11 Å². The molecule has 4 aromatic carbocycles. The molecule has 12 heteroatoms. The van der Waals surface area contributed by atoms with Gasteiger partial charge in [0.1, 0.15) is 16.3 Å². The lowest BCUT2D eigenvalue weighted by Gasteiger charge is -2.13. The number of nitrogens with zero attached hydrogens (tertiary/aromatic N) is 2. The molecule has 202 valence electrons. The fourth-order valence-corrected chi connectivity index (χ4v) is 5.39. The average Bonchev–Trinajstić information content (AvgIpc) is 2.86. The summed E-state index contributed by atoms with van der Waals surface area (Å²) in [6.07, 6.45) is 0.194. The molecule has 0 aliphatic heterocycles. The molecule has 0 spiro atoms. The zero-order chi connectivity index (χ0) is 28.3. The van der Waals surface area contributed by atoms with Crippen LogP contribution >= 0.6 is 23.2 Å². The Balaban J connectivity index is 1.81. The van der Waals surface area contributed by atoms with Crippen LogP contribution in [0.5, 0.6) is 11.5 Å². The molecular formula is C27H23Cl2N3O6S. The molecule has 3 N–H and O–H groups in total. The van der Waals surface area contributed by atoms with Crippen molar-refractivity contribution >= 4 is 67.1 Å². The van der Waals surface area contributed by atoms with Gasteiger partial charge in [-0.05, 0) is 49.1 Å². The number of fused-ring (bicyclic) bond motifs is 1. The third-order valence-corrected chi connectivity index (χ3v) is 7.08. The lowest BCUT2D eigenvalue weighted by Crippen LogP contribution is -2.12. The number of azo groups is 1. The highest BCUT2D eigenvalue weighted by Gasteiger charge is 2.21. The minimum atomic E-state index is -4.58. The van der Waals surface area contributed by atoms with Crippen LogP contribution in [0.3, 0.4) is 0 Å². The summed E-state index contributed by atoms with van der Waals surface area (Å²) in [4.78, 5) is 12.9. The number of carbonyl (C=O) groups excluding carboxylic acids is 1. The van der Waals surface area contributed by atoms with Crippen molar-refractivity contribution in [2.75, 3.05) is 11.9 Å². The normalized spacial score (nSPS) is 11.7. The van der Waals surface area contributed by atoms with Crippen molar-refractivity contribution in [2.24, 2.45) is 10.2 Å². The van der Waals surface area contributed by atoms with E-state index in [4.69, 9.17) is 27.9 Å². The number of benzene rings is 4. The summed E-state index contributed by atoms with van der Waals surface area (Å²) in [5, 5.41) is 23.7. The monoisotopic (exact) mass is 587 g/mol. The molecule has 0 aliphatic carbocycles. The van der Waals surface area contributed by atoms with Crippen LogP contribution in [0.15, 0.2) is 75.8 Å². The summed E-state index contributed by atoms with van der Waals surface area (Å²) >= 11 is 12.2. The van der Waals surface area contributed by atoms with Gasteiger partial charge in [0.2, 0.25) is 0 Å². The zero-order valence-electron chi connectivity index (χ0n) is 20.8. The summed E-state index contributed by atoms with van der Waals surface area (Å²) in [5.74, 6) is -0.614. The molecule has 39 heavy (non-hydrogen) atoms. The number of aromatic hydroxyl groups is 1. The average molecular weight is 588 g/mol. The van der Waals surface area contributed by atoms with E-state index in [0.717, 1.165) is 6.07 Å². The molecule has 0 aromatic heterocycles. The van der Waals surface area contributed by atoms with Gasteiger partial charge in [0.15, 0.2) is 5.75 Å². The van der Waals surface area contributed by atoms with Gasteiger partial charge in [-0.3, -0.25) is 9.35 Å². The largest absolute Gasteiger partial charge is 0.505 e. The molecular weight excluding hydrogens is 565 g/mol. The van der Waals surface area contributed by atoms with Crippen LogP contribution in [-0.2, 0) is 16.5 Å². The molecule has 1 amide bonds. The van der Waals surface area contributed by atoms with E-state index in [9.17, 15) is 22.9 Å². The number of phenolic OH excluding ortho intramolecular Hbond substituents is 1. The second-order valence-corrected chi connectivity index (χ2v) is 10.6. The summed E-state index contributed by atoms with van der Waals surface area (Å²) in [7, 11) is -4.58. The van der Waals surface area contributed by atoms with E-state index < -0.39 is 21.8 Å². The number of hydrogen-bond acceptors (Lipinski definition) is 7. The summed E-state index contributed by atoms with van der Waals surface area (Å²) in [5.41, 5.74) is 0.527. The van der Waals surface area contributed by atoms with Gasteiger partial charge < -0.3 is 15.2 Å². The molecule has 4 aromatic rings. The van der Waals surface area contributed by atoms with Gasteiger partial charge >= 0.3 is 0 Å². The zero-order valence-corrected chi connectivity index (χ0v) is 23.1. The van der Waals surface area contributed by atoms with Gasteiger partial charge in [0, 0.05) is 32.7 Å². The molecule has 0 unspecified atom stereocenters. The molecule has 4 rings (SSSR count). The smallest absolute Gasteiger partial charge is 0.294 e. The first-order valence-electron chi connectivity index (χ1n) is 11.7. The predicted octanol–water partition coefficient (Wildman–Crippen LogP) is 7.73. The molecule has 0 saturated carbocycles. The number of nitrogens with one attached hydrogen (secondary N) is 1. The van der Waals surface area contributed by atoms with E-state index in [1.165, 1.54) is 12.1 Å². The molecule has 0 fully saturated rings. The van der Waals surface area contributed by atoms with E-state index in [1.54, 1.807) is 49.4 Å². The molecule has 0 atom stereocenters. The predicted molar refractivity (Wildman–Crippen MR) is 151 cm³/mol. The summed E-state index contributed by atoms with van der Waals surface area (Å²) in [6.45, 7) is 3.91. The molecule has 0 aliphatic rings. The first-order chi connectivity index (χ1) is 18.5. The third kappa shape index (κ3) is 6.31. The lowest BCUT2D eigenvalue weighted by molar-refractivity contribution is 0.102. The lowest BCUT2D eigenvalue weighted by atomic mass is 10.0. The van der Waals surface area contributed by atoms with Crippen molar-refractivity contribution < 1.29 is 27.6 Å². The van der Waals surface area contributed by atoms with Crippen molar-refractivity contribution in [3.05, 3.63) is 81.8 Å². The second-order valence-electron chi connectivity index (χ2n) is 8.34. The number of carbonyl (C=O) groups is 1. The van der Waals surface area contributed by atoms with Crippen molar-refractivity contribution in [1.82, 2.24) is 0 Å². The third-order valence-electron chi connectivity index (χ3n) is 5.72. The minimum Gasteiger partial charge on any atom is -0.505 e. The molecule has 9 nitrogen and oxygen atoms in total. The van der Waals surface area contributed by atoms with E-state index in [0.29, 0.717) is 33.8 Å². The van der Waals surface area contributed by atoms with Crippen molar-refractivity contribution in [2.45, 2.75) is 25.2 Å². The summed E-state index contributed by atoms with van der Waals surface area (Å²) in [6, 6.07) is 15.7. The van der Waals surface area contributed by atoms with Crippen molar-refractivity contribution in [3.63, 3.8) is 0 Å². The van der Waals surface area contributed by atoms with Crippen LogP contribution < -0.4 is 10.1 Å². The molecule has 0 radical (unpaired) electrons. The Bertz CT molecular complexity index is 1720. The topological polar surface area (TPSA) is 138 Å². The Labute approximate surface area is 234 Å². The Morgan fingerprint density at radius 3 is 2.41 bits per heavy atom. The van der Waals surface area contributed by atoms with Gasteiger partial charge in [-0.25, -0.2) is 0 Å². The highest BCUT2D eigenvalue weighted by molar-refractivity contribution is 7.85. The van der Waals surface area contributed by atoms with Crippen LogP contribution in [-0.4, -0.2) is 30.6 Å². The highest BCUT2D eigenvalue weighted by atomic mass is 35.5. The SMILES string of the molecule is CCOc1cc(Cl)cc(NC(=O)c2cc3ccccc3c(N=Nc3cc(Cl)cc(S(=O)(=O)O)c3CC)c2O)c1. The van der Waals surface area contributed by atoms with Crippen LogP contribution in [0, 0.1) is 0 Å². The first kappa shape index (κ1) is 28.3. The number of ether oxygens (including phenoxy) is 1. The van der Waals surface area contributed by atoms with E-state index in [-0.39, 0.29) is 38.8 Å². The van der Waals surface area contributed by atoms with E-state index in [1.807, 2.05) is 6.92 Å². The fraction of sp³-hybridized carbons (Fsp3) is 0.148. The van der Waals surface area contributed by atoms with Gasteiger partial charge in [-0.1, -0.05) is 54.4 Å². The maximum atomic E-state index is 13.2. The molecule has 0 bridgehead atoms. The van der Waals surface area contributed by atoms with E-state index >= 15 is 0 Å². The van der Waals surface area contributed by atoms with Gasteiger partial charge in [0.25, 0.3) is 16.0 Å². The van der Waals surface area contributed by atoms with Crippen molar-refractivity contribution in [1.29, 1.82) is 0 Å². The maximum absolute atomic E-state index is 13.2. The number of hydrogen-bond donors (Lipinski definition) is 3. The van der Waals surface area contributed by atoms with E-state index in [2.05, 4.69) is 15.5 Å². The Hall–Kier alpha value is -3.70. The molecule has 0 heterocycles. The van der Waals surface area contributed by atoms with Crippen LogP contribution in [0.4, 0.5) is 17.1 Å². The number of anilines is 1. The van der Waals surface area contributed by atoms with Crippen molar-refractivity contribution in [3.8, 4) is 11.5 Å². The quantitative estimate of drug-likeness (QED) is 0.142. The standard InChI is InChI=1S/C27H23Cl2N3O6S/c1-3-20-23(12-17(29)13-24(20)39(35,36)37)31-32-25-21-8-6-5-7-15(21)9-22(26(25)33)27(34)30-18-10-16(28)11-19(14-18)38-4-2/h5-14,33H,3-4H2,1-2H3,(H,30,34)(H,35,36,37). The van der Waals surface area contributed by atoms with Gasteiger partial charge in [0.05, 0.1) is 17.9 Å². The van der Waals surface area contributed by atoms with Crippen LogP contribution in [0.2, 0.25) is 10.0 Å². The Kier molecular flexibility index (Phi) is 8.41. The number of halogens is 2. The van der Waals surface area contributed by atoms with Crippen LogP contribution in [0.25, 0.3) is 10.8 Å². The fourth-order valence-electron chi connectivity index (χ4n) is 4.05. The first-order valence-corrected chi connectivity index (χ1v) is 13.9. The Morgan fingerprint density at radius 2 is 1.72 bits per heavy atom. The Morgan fingerprint density at radius 1 is 1.00 bits per heavy atom. The van der Waals surface area contributed by atoms with Gasteiger partial charge in [-0.2, -0.15) is 13.5 Å². The van der Waals surface area contributed by atoms with Crippen LogP contribution in [0.1, 0.15) is 29.8 Å². The maximum Gasteiger partial charge on any atom is 0.294 e. The number of amides is 1. The minimum absolute atomic E-state index is 0.0175. The summed E-state index contributed by atoms with van der Waals surface area (Å²) < 4.78 is 38.9. The second kappa shape index (κ2) is 11.6. The molecule has 0 saturated heterocycles. The number of rotatable bonds is 8. The number of phenols is 1.